The van der Waals surface area contributed by atoms with Gasteiger partial charge in [-0.2, -0.15) is 5.06 Å². The molecule has 0 saturated carbocycles. The summed E-state index contributed by atoms with van der Waals surface area (Å²) in [7, 11) is -1.83. The van der Waals surface area contributed by atoms with Crippen molar-refractivity contribution >= 4 is 8.32 Å². The van der Waals surface area contributed by atoms with E-state index in [1.54, 1.807) is 0 Å². The minimum Gasteiger partial charge on any atom is -0.391 e. The predicted molar refractivity (Wildman–Crippen MR) is 103 cm³/mol. The van der Waals surface area contributed by atoms with Gasteiger partial charge in [0.25, 0.3) is 0 Å². The molecule has 0 amide bonds. The Morgan fingerprint density at radius 1 is 1.25 bits per heavy atom. The molecule has 2 rings (SSSR count). The molecule has 0 radical (unpaired) electrons. The molecule has 0 aliphatic carbocycles. The lowest BCUT2D eigenvalue weighted by Crippen LogP contribution is -2.44. The Kier molecular flexibility index (Phi) is 6.08. The molecule has 1 aliphatic rings. The van der Waals surface area contributed by atoms with Gasteiger partial charge in [0.2, 0.25) is 0 Å². The zero-order chi connectivity index (χ0) is 18.0. The monoisotopic (exact) mass is 347 g/mol. The number of hydrogen-bond donors (Lipinski definition) is 0. The van der Waals surface area contributed by atoms with Crippen molar-refractivity contribution in [2.75, 3.05) is 0 Å². The summed E-state index contributed by atoms with van der Waals surface area (Å²) in [6.45, 7) is 16.4. The zero-order valence-corrected chi connectivity index (χ0v) is 17.3. The van der Waals surface area contributed by atoms with Crippen LogP contribution < -0.4 is 0 Å². The highest BCUT2D eigenvalue weighted by molar-refractivity contribution is 6.74. The van der Waals surface area contributed by atoms with Crippen LogP contribution >= 0.6 is 0 Å². The molecule has 1 heterocycles. The summed E-state index contributed by atoms with van der Waals surface area (Å²) in [5.74, 6) is 0. The molecule has 3 nitrogen and oxygen atoms in total. The molecule has 0 N–H and O–H groups in total. The van der Waals surface area contributed by atoms with E-state index in [-0.39, 0.29) is 17.4 Å². The molecule has 1 saturated heterocycles. The number of benzene rings is 1. The van der Waals surface area contributed by atoms with Crippen LogP contribution in [-0.2, 0) is 15.8 Å². The van der Waals surface area contributed by atoms with Crippen LogP contribution in [0.1, 0.15) is 46.6 Å². The molecule has 24 heavy (non-hydrogen) atoms. The maximum atomic E-state index is 6.49. The van der Waals surface area contributed by atoms with E-state index in [0.717, 1.165) is 13.0 Å². The van der Waals surface area contributed by atoms with Crippen molar-refractivity contribution in [2.24, 2.45) is 0 Å². The first-order valence-corrected chi connectivity index (χ1v) is 11.8. The Bertz CT molecular complexity index is 559. The molecule has 1 aliphatic heterocycles. The fourth-order valence-electron chi connectivity index (χ4n) is 2.62. The van der Waals surface area contributed by atoms with Crippen molar-refractivity contribution in [1.82, 2.24) is 5.06 Å². The van der Waals surface area contributed by atoms with E-state index in [1.165, 1.54) is 11.1 Å². The van der Waals surface area contributed by atoms with Crippen molar-refractivity contribution < 1.29 is 9.26 Å². The van der Waals surface area contributed by atoms with Gasteiger partial charge in [-0.1, -0.05) is 62.8 Å². The second-order valence-electron chi connectivity index (χ2n) is 8.52. The van der Waals surface area contributed by atoms with E-state index < -0.39 is 8.32 Å². The summed E-state index contributed by atoms with van der Waals surface area (Å²) in [4.78, 5) is 6.21. The van der Waals surface area contributed by atoms with Crippen molar-refractivity contribution in [3.05, 3.63) is 47.5 Å². The summed E-state index contributed by atoms with van der Waals surface area (Å²) in [5, 5.41) is 2.27. The molecule has 0 unspecified atom stereocenters. The SMILES string of the molecule is CC(C)=C[C@H]1C[C@H](O[Si](C)(C)C(C)(C)C)ON1Cc1ccccc1. The van der Waals surface area contributed by atoms with E-state index in [0.29, 0.717) is 0 Å². The number of hydrogen-bond acceptors (Lipinski definition) is 3. The average Bonchev–Trinajstić information content (AvgIpc) is 2.78. The summed E-state index contributed by atoms with van der Waals surface area (Å²) in [6, 6.07) is 10.8. The lowest BCUT2D eigenvalue weighted by atomic mass is 10.1. The quantitative estimate of drug-likeness (QED) is 0.518. The highest BCUT2D eigenvalue weighted by atomic mass is 28.4. The van der Waals surface area contributed by atoms with Gasteiger partial charge < -0.3 is 4.43 Å². The number of allylic oxidation sites excluding steroid dienone is 1. The van der Waals surface area contributed by atoms with Gasteiger partial charge in [-0.3, -0.25) is 4.84 Å². The van der Waals surface area contributed by atoms with E-state index in [2.05, 4.69) is 83.1 Å². The van der Waals surface area contributed by atoms with Gasteiger partial charge in [-0.05, 0) is 37.5 Å². The van der Waals surface area contributed by atoms with E-state index in [4.69, 9.17) is 9.26 Å². The van der Waals surface area contributed by atoms with Gasteiger partial charge >= 0.3 is 0 Å². The second kappa shape index (κ2) is 7.52. The molecule has 0 aromatic heterocycles. The molecule has 134 valence electrons. The normalized spacial score (nSPS) is 22.6. The molecule has 1 aromatic carbocycles. The number of nitrogens with zero attached hydrogens (tertiary/aromatic N) is 1. The van der Waals surface area contributed by atoms with Crippen LogP contribution in [-0.4, -0.2) is 25.7 Å². The Hall–Kier alpha value is -0.943. The van der Waals surface area contributed by atoms with Crippen LogP contribution in [0.5, 0.6) is 0 Å². The van der Waals surface area contributed by atoms with Gasteiger partial charge in [0, 0.05) is 13.0 Å². The van der Waals surface area contributed by atoms with Crippen LogP contribution in [0.3, 0.4) is 0 Å². The molecular weight excluding hydrogens is 314 g/mol. The smallest absolute Gasteiger partial charge is 0.195 e. The van der Waals surface area contributed by atoms with Gasteiger partial charge in [0.15, 0.2) is 14.6 Å². The third-order valence-electron chi connectivity index (χ3n) is 5.00. The summed E-state index contributed by atoms with van der Waals surface area (Å²) < 4.78 is 6.49. The highest BCUT2D eigenvalue weighted by Gasteiger charge is 2.43. The number of rotatable bonds is 5. The summed E-state index contributed by atoms with van der Waals surface area (Å²) in [6.07, 6.45) is 3.04. The Morgan fingerprint density at radius 2 is 1.88 bits per heavy atom. The third-order valence-corrected chi connectivity index (χ3v) is 9.46. The van der Waals surface area contributed by atoms with E-state index >= 15 is 0 Å². The van der Waals surface area contributed by atoms with Crippen LogP contribution in [0.4, 0.5) is 0 Å². The van der Waals surface area contributed by atoms with Gasteiger partial charge in [0.1, 0.15) is 0 Å². The molecule has 1 aromatic rings. The van der Waals surface area contributed by atoms with E-state index in [9.17, 15) is 0 Å². The molecule has 4 heteroatoms. The first kappa shape index (κ1) is 19.4. The molecular formula is C20H33NO2Si. The maximum absolute atomic E-state index is 6.49. The first-order chi connectivity index (χ1) is 11.1. The van der Waals surface area contributed by atoms with Crippen molar-refractivity contribution in [1.29, 1.82) is 0 Å². The van der Waals surface area contributed by atoms with Gasteiger partial charge in [-0.15, -0.1) is 0 Å². The molecule has 0 spiro atoms. The van der Waals surface area contributed by atoms with Crippen molar-refractivity contribution in [3.63, 3.8) is 0 Å². The minimum absolute atomic E-state index is 0.143. The topological polar surface area (TPSA) is 21.7 Å². The fraction of sp³-hybridized carbons (Fsp3) is 0.600. The lowest BCUT2D eigenvalue weighted by Gasteiger charge is -2.37. The first-order valence-electron chi connectivity index (χ1n) is 8.89. The van der Waals surface area contributed by atoms with Crippen LogP contribution in [0.25, 0.3) is 0 Å². The minimum atomic E-state index is -1.83. The lowest BCUT2D eigenvalue weighted by molar-refractivity contribution is -0.217. The van der Waals surface area contributed by atoms with Gasteiger partial charge in [0.05, 0.1) is 6.04 Å². The predicted octanol–water partition coefficient (Wildman–Crippen LogP) is 5.51. The maximum Gasteiger partial charge on any atom is 0.195 e. The van der Waals surface area contributed by atoms with E-state index in [1.807, 2.05) is 6.07 Å². The van der Waals surface area contributed by atoms with Crippen molar-refractivity contribution in [2.45, 2.75) is 78.0 Å². The third kappa shape index (κ3) is 5.03. The Balaban J connectivity index is 2.11. The zero-order valence-electron chi connectivity index (χ0n) is 16.3. The Labute approximate surface area is 148 Å². The largest absolute Gasteiger partial charge is 0.391 e. The summed E-state index contributed by atoms with van der Waals surface area (Å²) >= 11 is 0. The van der Waals surface area contributed by atoms with Crippen LogP contribution in [0.2, 0.25) is 18.1 Å². The molecule has 0 bridgehead atoms. The van der Waals surface area contributed by atoms with Crippen molar-refractivity contribution in [3.8, 4) is 0 Å². The Morgan fingerprint density at radius 3 is 2.42 bits per heavy atom. The van der Waals surface area contributed by atoms with Crippen LogP contribution in [0, 0.1) is 0 Å². The summed E-state index contributed by atoms with van der Waals surface area (Å²) in [5.41, 5.74) is 2.58. The highest BCUT2D eigenvalue weighted by Crippen LogP contribution is 2.39. The fourth-order valence-corrected chi connectivity index (χ4v) is 3.77. The molecule has 2 atom stereocenters. The molecule has 1 fully saturated rings. The standard InChI is InChI=1S/C20H33NO2Si/c1-16(2)13-18-14-19(23-24(6,7)20(3,4)5)22-21(18)15-17-11-9-8-10-12-17/h8-13,18-19H,14-15H2,1-7H3/t18-,19-/m0/s1. The van der Waals surface area contributed by atoms with Crippen LogP contribution in [0.15, 0.2) is 42.0 Å². The number of hydroxylamine groups is 2. The average molecular weight is 348 g/mol. The second-order valence-corrected chi connectivity index (χ2v) is 13.3. The van der Waals surface area contributed by atoms with Gasteiger partial charge in [-0.25, -0.2) is 0 Å².